The first kappa shape index (κ1) is 12.3. The molecule has 0 bridgehead atoms. The molecule has 1 aromatic heterocycles. The molecule has 0 spiro atoms. The van der Waals surface area contributed by atoms with Gasteiger partial charge in [-0.2, -0.15) is 0 Å². The predicted octanol–water partition coefficient (Wildman–Crippen LogP) is 2.07. The summed E-state index contributed by atoms with van der Waals surface area (Å²) in [6.45, 7) is 3.46. The molecule has 84 valence electrons. The summed E-state index contributed by atoms with van der Waals surface area (Å²) in [4.78, 5) is 6.35. The van der Waals surface area contributed by atoms with E-state index in [1.807, 2.05) is 33.2 Å². The van der Waals surface area contributed by atoms with Gasteiger partial charge in [-0.05, 0) is 32.6 Å². The number of nitrogens with zero attached hydrogens (tertiary/aromatic N) is 2. The van der Waals surface area contributed by atoms with Gasteiger partial charge >= 0.3 is 0 Å². The van der Waals surface area contributed by atoms with Gasteiger partial charge in [0.1, 0.15) is 6.61 Å². The van der Waals surface area contributed by atoms with E-state index in [-0.39, 0.29) is 0 Å². The first-order valence-corrected chi connectivity index (χ1v) is 5.46. The van der Waals surface area contributed by atoms with Crippen LogP contribution in [0, 0.1) is 6.92 Å². The summed E-state index contributed by atoms with van der Waals surface area (Å²) >= 11 is 5.76. The van der Waals surface area contributed by atoms with Crippen molar-refractivity contribution in [2.75, 3.05) is 27.2 Å². The second-order valence-corrected chi connectivity index (χ2v) is 4.01. The molecule has 0 saturated carbocycles. The highest BCUT2D eigenvalue weighted by molar-refractivity contribution is 6.17. The number of alkyl halides is 1. The van der Waals surface area contributed by atoms with E-state index in [4.69, 9.17) is 16.3 Å². The van der Waals surface area contributed by atoms with Crippen LogP contribution in [0.15, 0.2) is 12.1 Å². The minimum atomic E-state index is 0.493. The van der Waals surface area contributed by atoms with E-state index in [1.165, 1.54) is 0 Å². The van der Waals surface area contributed by atoms with Gasteiger partial charge in [-0.3, -0.25) is 0 Å². The fourth-order valence-electron chi connectivity index (χ4n) is 1.19. The molecule has 0 atom stereocenters. The third kappa shape index (κ3) is 4.49. The van der Waals surface area contributed by atoms with Crippen molar-refractivity contribution in [3.05, 3.63) is 23.4 Å². The maximum atomic E-state index is 5.76. The van der Waals surface area contributed by atoms with Crippen molar-refractivity contribution >= 4 is 11.6 Å². The Bertz CT molecular complexity index is 315. The van der Waals surface area contributed by atoms with Gasteiger partial charge in [0.25, 0.3) is 0 Å². The standard InChI is InChI=1S/C11H17ClN2O/c1-9-6-10(8-12)7-11(13-9)15-5-4-14(2)3/h6-7H,4-5,8H2,1-3H3. The number of aryl methyl sites for hydroxylation is 1. The summed E-state index contributed by atoms with van der Waals surface area (Å²) in [6, 6.07) is 3.85. The highest BCUT2D eigenvalue weighted by Crippen LogP contribution is 2.13. The maximum Gasteiger partial charge on any atom is 0.213 e. The maximum absolute atomic E-state index is 5.76. The van der Waals surface area contributed by atoms with Gasteiger partial charge in [0, 0.05) is 24.2 Å². The molecule has 0 radical (unpaired) electrons. The summed E-state index contributed by atoms with van der Waals surface area (Å²) in [6.07, 6.45) is 0. The Labute approximate surface area is 96.0 Å². The molecule has 15 heavy (non-hydrogen) atoms. The van der Waals surface area contributed by atoms with Gasteiger partial charge in [0.15, 0.2) is 0 Å². The van der Waals surface area contributed by atoms with E-state index in [1.54, 1.807) is 0 Å². The van der Waals surface area contributed by atoms with E-state index in [0.717, 1.165) is 17.8 Å². The van der Waals surface area contributed by atoms with Crippen molar-refractivity contribution < 1.29 is 4.74 Å². The van der Waals surface area contributed by atoms with Crippen LogP contribution < -0.4 is 4.74 Å². The molecule has 0 amide bonds. The quantitative estimate of drug-likeness (QED) is 0.722. The Balaban J connectivity index is 2.56. The van der Waals surface area contributed by atoms with Crippen LogP contribution >= 0.6 is 11.6 Å². The number of hydrogen-bond acceptors (Lipinski definition) is 3. The summed E-state index contributed by atoms with van der Waals surface area (Å²) < 4.78 is 5.53. The van der Waals surface area contributed by atoms with Crippen molar-refractivity contribution in [2.24, 2.45) is 0 Å². The number of likely N-dealkylation sites (N-methyl/N-ethyl adjacent to an activating group) is 1. The van der Waals surface area contributed by atoms with E-state index in [2.05, 4.69) is 9.88 Å². The van der Waals surface area contributed by atoms with Crippen LogP contribution in [0.1, 0.15) is 11.3 Å². The van der Waals surface area contributed by atoms with Crippen LogP contribution in [0.2, 0.25) is 0 Å². The summed E-state index contributed by atoms with van der Waals surface area (Å²) in [5, 5.41) is 0. The lowest BCUT2D eigenvalue weighted by molar-refractivity contribution is 0.253. The SMILES string of the molecule is Cc1cc(CCl)cc(OCCN(C)C)n1. The molecule has 4 heteroatoms. The predicted molar refractivity (Wildman–Crippen MR) is 62.6 cm³/mol. The number of rotatable bonds is 5. The van der Waals surface area contributed by atoms with Crippen molar-refractivity contribution in [3.8, 4) is 5.88 Å². The first-order valence-electron chi connectivity index (χ1n) is 4.93. The Morgan fingerprint density at radius 1 is 1.40 bits per heavy atom. The topological polar surface area (TPSA) is 25.4 Å². The second kappa shape index (κ2) is 5.93. The molecule has 0 aliphatic rings. The zero-order chi connectivity index (χ0) is 11.3. The molecular weight excluding hydrogens is 212 g/mol. The largest absolute Gasteiger partial charge is 0.476 e. The van der Waals surface area contributed by atoms with Crippen molar-refractivity contribution in [1.29, 1.82) is 0 Å². The third-order valence-electron chi connectivity index (χ3n) is 1.93. The van der Waals surface area contributed by atoms with Crippen LogP contribution in [-0.2, 0) is 5.88 Å². The number of pyridine rings is 1. The fraction of sp³-hybridized carbons (Fsp3) is 0.545. The Morgan fingerprint density at radius 2 is 2.13 bits per heavy atom. The minimum absolute atomic E-state index is 0.493. The summed E-state index contributed by atoms with van der Waals surface area (Å²) in [7, 11) is 4.02. The van der Waals surface area contributed by atoms with Crippen LogP contribution in [0.25, 0.3) is 0 Å². The monoisotopic (exact) mass is 228 g/mol. The van der Waals surface area contributed by atoms with Gasteiger partial charge in [0.05, 0.1) is 0 Å². The Morgan fingerprint density at radius 3 is 2.73 bits per heavy atom. The average Bonchev–Trinajstić information content (AvgIpc) is 2.16. The van der Waals surface area contributed by atoms with Crippen molar-refractivity contribution in [3.63, 3.8) is 0 Å². The van der Waals surface area contributed by atoms with Gasteiger partial charge in [0.2, 0.25) is 5.88 Å². The second-order valence-electron chi connectivity index (χ2n) is 3.74. The lowest BCUT2D eigenvalue weighted by atomic mass is 10.2. The number of halogens is 1. The molecule has 1 rings (SSSR count). The molecule has 0 saturated heterocycles. The molecule has 0 N–H and O–H groups in total. The lowest BCUT2D eigenvalue weighted by Gasteiger charge is -2.11. The smallest absolute Gasteiger partial charge is 0.213 e. The molecule has 3 nitrogen and oxygen atoms in total. The van der Waals surface area contributed by atoms with Gasteiger partial charge in [-0.15, -0.1) is 11.6 Å². The number of ether oxygens (including phenoxy) is 1. The van der Waals surface area contributed by atoms with Crippen LogP contribution in [0.3, 0.4) is 0 Å². The van der Waals surface area contributed by atoms with Crippen molar-refractivity contribution in [2.45, 2.75) is 12.8 Å². The first-order chi connectivity index (χ1) is 7.11. The summed E-state index contributed by atoms with van der Waals surface area (Å²) in [5.41, 5.74) is 1.98. The Kier molecular flexibility index (Phi) is 4.85. The van der Waals surface area contributed by atoms with Crippen LogP contribution in [-0.4, -0.2) is 37.1 Å². The van der Waals surface area contributed by atoms with Gasteiger partial charge in [-0.25, -0.2) is 4.98 Å². The normalized spacial score (nSPS) is 10.7. The van der Waals surface area contributed by atoms with Crippen LogP contribution in [0.5, 0.6) is 5.88 Å². The number of hydrogen-bond donors (Lipinski definition) is 0. The van der Waals surface area contributed by atoms with E-state index >= 15 is 0 Å². The van der Waals surface area contributed by atoms with Crippen molar-refractivity contribution in [1.82, 2.24) is 9.88 Å². The molecule has 0 aromatic carbocycles. The molecule has 0 fully saturated rings. The molecule has 0 unspecified atom stereocenters. The molecule has 1 heterocycles. The third-order valence-corrected chi connectivity index (χ3v) is 2.24. The fourth-order valence-corrected chi connectivity index (χ4v) is 1.35. The number of aromatic nitrogens is 1. The van der Waals surface area contributed by atoms with Gasteiger partial charge in [-0.1, -0.05) is 0 Å². The molecule has 0 aliphatic heterocycles. The molecule has 1 aromatic rings. The minimum Gasteiger partial charge on any atom is -0.476 e. The Hall–Kier alpha value is -0.800. The summed E-state index contributed by atoms with van der Waals surface area (Å²) in [5.74, 6) is 1.15. The van der Waals surface area contributed by atoms with Crippen LogP contribution in [0.4, 0.5) is 0 Å². The van der Waals surface area contributed by atoms with Gasteiger partial charge < -0.3 is 9.64 Å². The zero-order valence-corrected chi connectivity index (χ0v) is 10.2. The van der Waals surface area contributed by atoms with E-state index in [0.29, 0.717) is 18.4 Å². The molecule has 0 aliphatic carbocycles. The highest BCUT2D eigenvalue weighted by Gasteiger charge is 2.00. The van der Waals surface area contributed by atoms with E-state index in [9.17, 15) is 0 Å². The molecular formula is C11H17ClN2O. The zero-order valence-electron chi connectivity index (χ0n) is 9.46. The average molecular weight is 229 g/mol. The van der Waals surface area contributed by atoms with E-state index < -0.39 is 0 Å². The highest BCUT2D eigenvalue weighted by atomic mass is 35.5. The lowest BCUT2D eigenvalue weighted by Crippen LogP contribution is -2.19.